The third-order valence-corrected chi connectivity index (χ3v) is 1.64. The number of aryl methyl sites for hydroxylation is 1. The summed E-state index contributed by atoms with van der Waals surface area (Å²) in [6.07, 6.45) is 0. The molecule has 7 nitrogen and oxygen atoms in total. The number of nitrogens with zero attached hydrogens (tertiary/aromatic N) is 2. The van der Waals surface area contributed by atoms with E-state index in [0.717, 1.165) is 0 Å². The van der Waals surface area contributed by atoms with E-state index in [4.69, 9.17) is 5.73 Å². The lowest BCUT2D eigenvalue weighted by Crippen LogP contribution is -2.22. The van der Waals surface area contributed by atoms with E-state index in [1.807, 2.05) is 0 Å². The Morgan fingerprint density at radius 2 is 2.33 bits per heavy atom. The number of hydrogen-bond donors (Lipinski definition) is 2. The molecule has 80 valence electrons. The number of hydrogen-bond acceptors (Lipinski definition) is 5. The van der Waals surface area contributed by atoms with Crippen molar-refractivity contribution >= 4 is 17.4 Å². The molecule has 0 saturated carbocycles. The molecule has 0 atom stereocenters. The van der Waals surface area contributed by atoms with E-state index in [1.165, 1.54) is 12.1 Å². The molecule has 7 heteroatoms. The fourth-order valence-corrected chi connectivity index (χ4v) is 0.998. The number of pyridine rings is 1. The molecule has 0 aliphatic rings. The summed E-state index contributed by atoms with van der Waals surface area (Å²) in [5.74, 6) is -0.550. The molecule has 15 heavy (non-hydrogen) atoms. The Morgan fingerprint density at radius 3 is 2.87 bits per heavy atom. The van der Waals surface area contributed by atoms with E-state index >= 15 is 0 Å². The van der Waals surface area contributed by atoms with Crippen LogP contribution in [0.3, 0.4) is 0 Å². The number of aromatic nitrogens is 1. The molecule has 0 saturated heterocycles. The van der Waals surface area contributed by atoms with E-state index in [9.17, 15) is 14.9 Å². The minimum Gasteiger partial charge on any atom is -0.368 e. The summed E-state index contributed by atoms with van der Waals surface area (Å²) >= 11 is 0. The van der Waals surface area contributed by atoms with Crippen LogP contribution < -0.4 is 11.1 Å². The number of nitro groups is 1. The predicted octanol–water partition coefficient (Wildman–Crippen LogP) is 0.195. The molecule has 0 radical (unpaired) electrons. The number of amides is 1. The number of nitrogens with one attached hydrogen (secondary N) is 1. The van der Waals surface area contributed by atoms with E-state index in [0.29, 0.717) is 5.69 Å². The quantitative estimate of drug-likeness (QED) is 0.544. The van der Waals surface area contributed by atoms with Gasteiger partial charge >= 0.3 is 5.69 Å². The van der Waals surface area contributed by atoms with Gasteiger partial charge in [0.25, 0.3) is 0 Å². The third kappa shape index (κ3) is 2.90. The van der Waals surface area contributed by atoms with Gasteiger partial charge in [0.1, 0.15) is 0 Å². The monoisotopic (exact) mass is 210 g/mol. The topological polar surface area (TPSA) is 111 Å². The van der Waals surface area contributed by atoms with E-state index in [2.05, 4.69) is 10.3 Å². The Kier molecular flexibility index (Phi) is 3.17. The molecular formula is C8H10N4O3. The molecule has 1 rings (SSSR count). The van der Waals surface area contributed by atoms with Crippen LogP contribution in [-0.4, -0.2) is 22.4 Å². The van der Waals surface area contributed by atoms with Crippen LogP contribution in [0.1, 0.15) is 5.69 Å². The smallest absolute Gasteiger partial charge is 0.311 e. The number of nitrogens with two attached hydrogens (primary N) is 1. The molecule has 1 aromatic heterocycles. The van der Waals surface area contributed by atoms with Crippen LogP contribution in [0, 0.1) is 17.0 Å². The number of rotatable bonds is 4. The second-order valence-electron chi connectivity index (χ2n) is 2.90. The molecule has 1 amide bonds. The highest BCUT2D eigenvalue weighted by molar-refractivity contribution is 5.79. The summed E-state index contributed by atoms with van der Waals surface area (Å²) < 4.78 is 0. The summed E-state index contributed by atoms with van der Waals surface area (Å²) in [5, 5.41) is 13.1. The van der Waals surface area contributed by atoms with Gasteiger partial charge < -0.3 is 11.1 Å². The van der Waals surface area contributed by atoms with Gasteiger partial charge in [0.2, 0.25) is 11.7 Å². The van der Waals surface area contributed by atoms with Gasteiger partial charge in [-0.2, -0.15) is 0 Å². The van der Waals surface area contributed by atoms with Crippen molar-refractivity contribution in [2.24, 2.45) is 5.73 Å². The van der Waals surface area contributed by atoms with Crippen molar-refractivity contribution in [3.05, 3.63) is 27.9 Å². The first-order chi connectivity index (χ1) is 7.00. The van der Waals surface area contributed by atoms with Gasteiger partial charge in [-0.15, -0.1) is 0 Å². The van der Waals surface area contributed by atoms with Crippen molar-refractivity contribution in [3.8, 4) is 0 Å². The van der Waals surface area contributed by atoms with Gasteiger partial charge in [-0.1, -0.05) is 0 Å². The van der Waals surface area contributed by atoms with Crippen molar-refractivity contribution in [2.75, 3.05) is 11.9 Å². The van der Waals surface area contributed by atoms with E-state index < -0.39 is 10.8 Å². The summed E-state index contributed by atoms with van der Waals surface area (Å²) in [4.78, 5) is 24.4. The van der Waals surface area contributed by atoms with Crippen LogP contribution in [-0.2, 0) is 4.79 Å². The predicted molar refractivity (Wildman–Crippen MR) is 53.3 cm³/mol. The first-order valence-corrected chi connectivity index (χ1v) is 4.15. The van der Waals surface area contributed by atoms with Crippen molar-refractivity contribution in [1.82, 2.24) is 4.98 Å². The Bertz CT molecular complexity index is 405. The zero-order valence-corrected chi connectivity index (χ0v) is 8.06. The van der Waals surface area contributed by atoms with Crippen molar-refractivity contribution in [3.63, 3.8) is 0 Å². The van der Waals surface area contributed by atoms with Crippen LogP contribution in [0.15, 0.2) is 12.1 Å². The van der Waals surface area contributed by atoms with Gasteiger partial charge in [-0.05, 0) is 13.0 Å². The van der Waals surface area contributed by atoms with Gasteiger partial charge in [0.15, 0.2) is 0 Å². The molecule has 0 bridgehead atoms. The maximum Gasteiger partial charge on any atom is 0.311 e. The van der Waals surface area contributed by atoms with Gasteiger partial charge in [-0.3, -0.25) is 14.9 Å². The lowest BCUT2D eigenvalue weighted by Gasteiger charge is -2.04. The highest BCUT2D eigenvalue weighted by Crippen LogP contribution is 2.21. The van der Waals surface area contributed by atoms with Crippen LogP contribution in [0.2, 0.25) is 0 Å². The Balaban J connectivity index is 2.96. The number of anilines is 1. The number of carbonyl (C=O) groups is 1. The van der Waals surface area contributed by atoms with E-state index in [1.54, 1.807) is 6.92 Å². The standard InChI is InChI=1S/C8H10N4O3/c1-5-2-3-6(12(14)15)8(11-5)10-4-7(9)13/h2-3H,4H2,1H3,(H2,9,13)(H,10,11). The van der Waals surface area contributed by atoms with Gasteiger partial charge in [0.05, 0.1) is 11.5 Å². The minimum absolute atomic E-state index is 0.0544. The molecule has 0 fully saturated rings. The highest BCUT2D eigenvalue weighted by atomic mass is 16.6. The van der Waals surface area contributed by atoms with Crippen molar-refractivity contribution in [1.29, 1.82) is 0 Å². The molecule has 0 aliphatic carbocycles. The Labute approximate surface area is 85.5 Å². The maximum absolute atomic E-state index is 10.6. The Hall–Kier alpha value is -2.18. The molecular weight excluding hydrogens is 200 g/mol. The van der Waals surface area contributed by atoms with Crippen LogP contribution in [0.4, 0.5) is 11.5 Å². The first kappa shape index (κ1) is 10.9. The zero-order chi connectivity index (χ0) is 11.4. The molecule has 3 N–H and O–H groups in total. The molecule has 0 unspecified atom stereocenters. The summed E-state index contributed by atoms with van der Waals surface area (Å²) in [6, 6.07) is 2.85. The SMILES string of the molecule is Cc1ccc([N+](=O)[O-])c(NCC(N)=O)n1. The van der Waals surface area contributed by atoms with Crippen LogP contribution in [0.5, 0.6) is 0 Å². The fourth-order valence-electron chi connectivity index (χ4n) is 0.998. The maximum atomic E-state index is 10.6. The highest BCUT2D eigenvalue weighted by Gasteiger charge is 2.14. The second kappa shape index (κ2) is 4.36. The molecule has 0 aromatic carbocycles. The average molecular weight is 210 g/mol. The van der Waals surface area contributed by atoms with Gasteiger partial charge in [0, 0.05) is 11.8 Å². The summed E-state index contributed by atoms with van der Waals surface area (Å²) in [7, 11) is 0. The molecule has 1 aromatic rings. The molecule has 1 heterocycles. The first-order valence-electron chi connectivity index (χ1n) is 4.15. The third-order valence-electron chi connectivity index (χ3n) is 1.64. The normalized spacial score (nSPS) is 9.67. The minimum atomic E-state index is -0.604. The Morgan fingerprint density at radius 1 is 1.67 bits per heavy atom. The fraction of sp³-hybridized carbons (Fsp3) is 0.250. The lowest BCUT2D eigenvalue weighted by atomic mass is 10.3. The molecule has 0 aliphatic heterocycles. The molecule has 0 spiro atoms. The average Bonchev–Trinajstić information content (AvgIpc) is 2.14. The zero-order valence-electron chi connectivity index (χ0n) is 8.06. The van der Waals surface area contributed by atoms with E-state index in [-0.39, 0.29) is 18.1 Å². The van der Waals surface area contributed by atoms with Crippen LogP contribution >= 0.6 is 0 Å². The van der Waals surface area contributed by atoms with Crippen molar-refractivity contribution < 1.29 is 9.72 Å². The summed E-state index contributed by atoms with van der Waals surface area (Å²) in [6.45, 7) is 1.51. The van der Waals surface area contributed by atoms with Gasteiger partial charge in [-0.25, -0.2) is 4.98 Å². The summed E-state index contributed by atoms with van der Waals surface area (Å²) in [5.41, 5.74) is 5.34. The van der Waals surface area contributed by atoms with Crippen molar-refractivity contribution in [2.45, 2.75) is 6.92 Å². The lowest BCUT2D eigenvalue weighted by molar-refractivity contribution is -0.384. The number of primary amides is 1. The second-order valence-corrected chi connectivity index (χ2v) is 2.90. The van der Waals surface area contributed by atoms with Crippen LogP contribution in [0.25, 0.3) is 0 Å². The number of carbonyl (C=O) groups excluding carboxylic acids is 1. The largest absolute Gasteiger partial charge is 0.368 e.